The van der Waals surface area contributed by atoms with E-state index in [0.717, 1.165) is 6.42 Å². The Morgan fingerprint density at radius 3 is 1.51 bits per heavy atom. The van der Waals surface area contributed by atoms with Crippen LogP contribution in [-0.2, 0) is 14.4 Å². The Balaban J connectivity index is -0.000000287. The van der Waals surface area contributed by atoms with E-state index in [0.29, 0.717) is 31.2 Å². The van der Waals surface area contributed by atoms with Crippen molar-refractivity contribution in [1.82, 2.24) is 10.2 Å². The van der Waals surface area contributed by atoms with Crippen LogP contribution in [0.4, 0.5) is 4.79 Å². The van der Waals surface area contributed by atoms with Crippen LogP contribution < -0.4 is 11.1 Å². The van der Waals surface area contributed by atoms with Crippen LogP contribution in [-0.4, -0.2) is 53.5 Å². The minimum Gasteiger partial charge on any atom is -0.351 e. The fourth-order valence-electron chi connectivity index (χ4n) is 3.88. The largest absolute Gasteiger partial charge is 0.351 e. The van der Waals surface area contributed by atoms with E-state index in [4.69, 9.17) is 5.73 Å². The molecule has 0 radical (unpaired) electrons. The summed E-state index contributed by atoms with van der Waals surface area (Å²) in [7, 11) is 0. The molecule has 0 aliphatic rings. The molecule has 3 N–H and O–H groups in total. The second kappa shape index (κ2) is 19.4. The normalized spacial score (nSPS) is 11.1. The maximum absolute atomic E-state index is 11.6. The minimum atomic E-state index is -0.595. The standard InChI is InChI=1S/C15H29N3O3.C9H18O.2C2H6/c1-11(19)7-17-10-14(3,4)9-15(5,6)18(13(16)21)8-12(2)20;1-7(2)6-9(4,5)8(3)10;2*1-2/h17H,7-10H2,1-6H3,(H2,16,21);7H,6H2,1-5H3;2*1-2H3. The molecule has 0 heterocycles. The lowest BCUT2D eigenvalue weighted by atomic mass is 9.79. The third-order valence-electron chi connectivity index (χ3n) is 5.14. The van der Waals surface area contributed by atoms with E-state index in [1.807, 2.05) is 55.4 Å². The molecule has 0 saturated carbocycles. The summed E-state index contributed by atoms with van der Waals surface area (Å²) in [5.41, 5.74) is 4.60. The fraction of sp³-hybridized carbons (Fsp3) is 0.857. The van der Waals surface area contributed by atoms with E-state index >= 15 is 0 Å². The molecule has 0 fully saturated rings. The van der Waals surface area contributed by atoms with Crippen LogP contribution in [0.2, 0.25) is 0 Å². The summed E-state index contributed by atoms with van der Waals surface area (Å²) in [6.45, 7) is 29.8. The molecule has 0 aromatic carbocycles. The van der Waals surface area contributed by atoms with Gasteiger partial charge in [-0.05, 0) is 58.8 Å². The summed E-state index contributed by atoms with van der Waals surface area (Å²) in [6.07, 6.45) is 1.64. The SMILES string of the molecule is CC.CC.CC(=O)C(C)(C)CC(C)C.CC(=O)CNCC(C)(C)CC(C)(C)N(CC(C)=O)C(N)=O. The zero-order chi connectivity index (χ0) is 29.2. The van der Waals surface area contributed by atoms with Crippen LogP contribution in [0.3, 0.4) is 0 Å². The van der Waals surface area contributed by atoms with Crippen LogP contribution in [0.5, 0.6) is 0 Å². The van der Waals surface area contributed by atoms with Crippen molar-refractivity contribution in [2.45, 2.75) is 122 Å². The van der Waals surface area contributed by atoms with Gasteiger partial charge < -0.3 is 16.0 Å². The van der Waals surface area contributed by atoms with Crippen molar-refractivity contribution in [2.75, 3.05) is 19.6 Å². The van der Waals surface area contributed by atoms with Gasteiger partial charge in [-0.2, -0.15) is 0 Å². The van der Waals surface area contributed by atoms with Crippen molar-refractivity contribution < 1.29 is 19.2 Å². The van der Waals surface area contributed by atoms with Gasteiger partial charge in [-0.15, -0.1) is 0 Å². The van der Waals surface area contributed by atoms with Gasteiger partial charge in [0.25, 0.3) is 0 Å². The Labute approximate surface area is 217 Å². The number of carbonyl (C=O) groups is 4. The van der Waals surface area contributed by atoms with Gasteiger partial charge in [0.15, 0.2) is 0 Å². The van der Waals surface area contributed by atoms with E-state index in [1.54, 1.807) is 6.92 Å². The van der Waals surface area contributed by atoms with Gasteiger partial charge in [0, 0.05) is 17.5 Å². The maximum atomic E-state index is 11.6. The summed E-state index contributed by atoms with van der Waals surface area (Å²) in [6, 6.07) is -0.595. The van der Waals surface area contributed by atoms with E-state index in [-0.39, 0.29) is 28.9 Å². The Morgan fingerprint density at radius 2 is 1.26 bits per heavy atom. The molecule has 210 valence electrons. The monoisotopic (exact) mass is 501 g/mol. The molecule has 0 unspecified atom stereocenters. The van der Waals surface area contributed by atoms with Gasteiger partial charge in [0.05, 0.1) is 13.1 Å². The van der Waals surface area contributed by atoms with Crippen molar-refractivity contribution in [3.8, 4) is 0 Å². The molecule has 7 nitrogen and oxygen atoms in total. The fourth-order valence-corrected chi connectivity index (χ4v) is 3.88. The number of amides is 2. The van der Waals surface area contributed by atoms with Crippen molar-refractivity contribution in [3.63, 3.8) is 0 Å². The number of primary amides is 1. The first-order chi connectivity index (χ1) is 15.7. The van der Waals surface area contributed by atoms with E-state index < -0.39 is 11.6 Å². The minimum absolute atomic E-state index is 0.0132. The maximum Gasteiger partial charge on any atom is 0.315 e. The molecular formula is C28H59N3O4. The Kier molecular flexibility index (Phi) is 22.4. The summed E-state index contributed by atoms with van der Waals surface area (Å²) in [4.78, 5) is 46.3. The first-order valence-electron chi connectivity index (χ1n) is 13.0. The van der Waals surface area contributed by atoms with Crippen LogP contribution in [0.1, 0.15) is 117 Å². The molecular weight excluding hydrogens is 442 g/mol. The molecule has 35 heavy (non-hydrogen) atoms. The summed E-state index contributed by atoms with van der Waals surface area (Å²) in [5, 5.41) is 3.11. The second-order valence-corrected chi connectivity index (χ2v) is 11.1. The van der Waals surface area contributed by atoms with Crippen molar-refractivity contribution in [1.29, 1.82) is 0 Å². The summed E-state index contributed by atoms with van der Waals surface area (Å²) in [5.74, 6) is 0.884. The lowest BCUT2D eigenvalue weighted by molar-refractivity contribution is -0.125. The number of nitrogens with zero attached hydrogens (tertiary/aromatic N) is 1. The number of hydrogen-bond acceptors (Lipinski definition) is 5. The second-order valence-electron chi connectivity index (χ2n) is 11.1. The van der Waals surface area contributed by atoms with Gasteiger partial charge in [-0.1, -0.05) is 69.2 Å². The van der Waals surface area contributed by atoms with Gasteiger partial charge in [0.2, 0.25) is 0 Å². The Hall–Kier alpha value is -1.76. The number of carbonyl (C=O) groups excluding carboxylic acids is 4. The highest BCUT2D eigenvalue weighted by Crippen LogP contribution is 2.31. The number of rotatable bonds is 12. The average molecular weight is 502 g/mol. The molecule has 0 rings (SSSR count). The van der Waals surface area contributed by atoms with Crippen molar-refractivity contribution in [3.05, 3.63) is 0 Å². The van der Waals surface area contributed by atoms with Crippen LogP contribution in [0.15, 0.2) is 0 Å². The number of nitrogens with two attached hydrogens (primary N) is 1. The summed E-state index contributed by atoms with van der Waals surface area (Å²) >= 11 is 0. The molecule has 0 aromatic rings. The van der Waals surface area contributed by atoms with Crippen molar-refractivity contribution >= 4 is 23.4 Å². The van der Waals surface area contributed by atoms with Gasteiger partial charge in [0.1, 0.15) is 17.3 Å². The lowest BCUT2D eigenvalue weighted by Gasteiger charge is -2.42. The van der Waals surface area contributed by atoms with Crippen molar-refractivity contribution in [2.24, 2.45) is 22.5 Å². The van der Waals surface area contributed by atoms with E-state index in [1.165, 1.54) is 18.7 Å². The first kappa shape index (κ1) is 40.4. The highest BCUT2D eigenvalue weighted by Gasteiger charge is 2.36. The predicted molar refractivity (Wildman–Crippen MR) is 150 cm³/mol. The smallest absolute Gasteiger partial charge is 0.315 e. The van der Waals surface area contributed by atoms with E-state index in [2.05, 4.69) is 33.0 Å². The number of Topliss-reactive ketones (excluding diaryl/α,β-unsaturated/α-hetero) is 3. The molecule has 0 aliphatic heterocycles. The number of ketones is 3. The number of urea groups is 1. The number of nitrogens with one attached hydrogen (secondary N) is 1. The van der Waals surface area contributed by atoms with Gasteiger partial charge in [-0.25, -0.2) is 4.79 Å². The Morgan fingerprint density at radius 1 is 0.829 bits per heavy atom. The van der Waals surface area contributed by atoms with Crippen LogP contribution in [0, 0.1) is 16.7 Å². The average Bonchev–Trinajstić information content (AvgIpc) is 2.67. The molecule has 7 heteroatoms. The summed E-state index contributed by atoms with van der Waals surface area (Å²) < 4.78 is 0. The van der Waals surface area contributed by atoms with Gasteiger partial charge >= 0.3 is 6.03 Å². The molecule has 0 aliphatic carbocycles. The first-order valence-corrected chi connectivity index (χ1v) is 13.0. The van der Waals surface area contributed by atoms with E-state index in [9.17, 15) is 19.2 Å². The topological polar surface area (TPSA) is 110 Å². The molecule has 0 atom stereocenters. The third-order valence-corrected chi connectivity index (χ3v) is 5.14. The molecule has 2 amide bonds. The zero-order valence-electron chi connectivity index (χ0n) is 25.8. The molecule has 0 aromatic heterocycles. The molecule has 0 spiro atoms. The highest BCUT2D eigenvalue weighted by atomic mass is 16.2. The zero-order valence-corrected chi connectivity index (χ0v) is 25.8. The third kappa shape index (κ3) is 22.4. The van der Waals surface area contributed by atoms with Gasteiger partial charge in [-0.3, -0.25) is 14.4 Å². The molecule has 0 bridgehead atoms. The van der Waals surface area contributed by atoms with Crippen LogP contribution in [0.25, 0.3) is 0 Å². The quantitative estimate of drug-likeness (QED) is 0.339. The Bertz CT molecular complexity index is 624. The number of hydrogen-bond donors (Lipinski definition) is 2. The van der Waals surface area contributed by atoms with Crippen LogP contribution >= 0.6 is 0 Å². The predicted octanol–water partition coefficient (Wildman–Crippen LogP) is 6.03. The lowest BCUT2D eigenvalue weighted by Crippen LogP contribution is -2.54. The highest BCUT2D eigenvalue weighted by molar-refractivity contribution is 5.83. The molecule has 0 saturated heterocycles.